The first-order chi connectivity index (χ1) is 8.01. The van der Waals surface area contributed by atoms with Crippen molar-refractivity contribution in [3.63, 3.8) is 0 Å². The van der Waals surface area contributed by atoms with Crippen LogP contribution >= 0.6 is 11.3 Å². The summed E-state index contributed by atoms with van der Waals surface area (Å²) in [6.07, 6.45) is 1.97. The summed E-state index contributed by atoms with van der Waals surface area (Å²) in [6, 6.07) is 3.63. The first kappa shape index (κ1) is 13.0. The normalized spacial score (nSPS) is 21.9. The van der Waals surface area contributed by atoms with Gasteiger partial charge in [-0.3, -0.25) is 0 Å². The summed E-state index contributed by atoms with van der Waals surface area (Å²) >= 11 is 1.34. The van der Waals surface area contributed by atoms with Crippen LogP contribution in [0, 0.1) is 6.92 Å². The number of hydrogen-bond donors (Lipinski definition) is 1. The second-order valence-corrected chi connectivity index (χ2v) is 7.90. The maximum atomic E-state index is 12.4. The fraction of sp³-hybridized carbons (Fsp3) is 0.636. The first-order valence-corrected chi connectivity index (χ1v) is 8.02. The minimum Gasteiger partial charge on any atom is -0.315 e. The molecule has 1 fully saturated rings. The molecule has 2 rings (SSSR count). The Balaban J connectivity index is 2.20. The van der Waals surface area contributed by atoms with E-state index >= 15 is 0 Å². The third-order valence-corrected chi connectivity index (χ3v) is 6.51. The number of nitrogens with one attached hydrogen (secondary N) is 1. The lowest BCUT2D eigenvalue weighted by Gasteiger charge is -2.30. The molecule has 4 nitrogen and oxygen atoms in total. The van der Waals surface area contributed by atoms with Gasteiger partial charge >= 0.3 is 0 Å². The van der Waals surface area contributed by atoms with Gasteiger partial charge in [-0.2, -0.15) is 4.31 Å². The lowest BCUT2D eigenvalue weighted by molar-refractivity contribution is 0.300. The summed E-state index contributed by atoms with van der Waals surface area (Å²) in [5.41, 5.74) is 0. The highest BCUT2D eigenvalue weighted by Gasteiger charge is 2.29. The van der Waals surface area contributed by atoms with Gasteiger partial charge in [0.1, 0.15) is 4.21 Å². The Kier molecular flexibility index (Phi) is 3.87. The van der Waals surface area contributed by atoms with Crippen molar-refractivity contribution in [2.45, 2.75) is 30.0 Å². The van der Waals surface area contributed by atoms with Crippen LogP contribution < -0.4 is 5.32 Å². The molecule has 0 spiro atoms. The Hall–Kier alpha value is -0.430. The van der Waals surface area contributed by atoms with Crippen molar-refractivity contribution >= 4 is 21.4 Å². The van der Waals surface area contributed by atoms with E-state index in [4.69, 9.17) is 0 Å². The van der Waals surface area contributed by atoms with Crippen molar-refractivity contribution in [1.29, 1.82) is 0 Å². The number of hydrogen-bond acceptors (Lipinski definition) is 4. The van der Waals surface area contributed by atoms with Crippen LogP contribution in [-0.2, 0) is 10.0 Å². The third-order valence-electron chi connectivity index (χ3n) is 3.13. The average Bonchev–Trinajstić information content (AvgIpc) is 2.77. The van der Waals surface area contributed by atoms with Crippen LogP contribution in [0.15, 0.2) is 16.3 Å². The number of aryl methyl sites for hydroxylation is 1. The summed E-state index contributed by atoms with van der Waals surface area (Å²) in [6.45, 7) is 3.66. The number of sulfonamides is 1. The van der Waals surface area contributed by atoms with Gasteiger partial charge in [0, 0.05) is 24.5 Å². The Labute approximate surface area is 107 Å². The minimum absolute atomic E-state index is 0.0798. The monoisotopic (exact) mass is 274 g/mol. The molecule has 0 aromatic carbocycles. The number of piperidine rings is 1. The van der Waals surface area contributed by atoms with Gasteiger partial charge in [-0.1, -0.05) is 0 Å². The maximum Gasteiger partial charge on any atom is 0.252 e. The van der Waals surface area contributed by atoms with E-state index in [1.807, 2.05) is 13.0 Å². The van der Waals surface area contributed by atoms with Crippen LogP contribution in [0.2, 0.25) is 0 Å². The van der Waals surface area contributed by atoms with Crippen molar-refractivity contribution in [2.75, 3.05) is 20.1 Å². The summed E-state index contributed by atoms with van der Waals surface area (Å²) in [4.78, 5) is 1.03. The van der Waals surface area contributed by atoms with Crippen LogP contribution in [0.3, 0.4) is 0 Å². The Morgan fingerprint density at radius 1 is 1.47 bits per heavy atom. The lowest BCUT2D eigenvalue weighted by atomic mass is 10.1. The smallest absolute Gasteiger partial charge is 0.252 e. The molecule has 6 heteroatoms. The highest BCUT2D eigenvalue weighted by atomic mass is 32.2. The van der Waals surface area contributed by atoms with E-state index < -0.39 is 10.0 Å². The SMILES string of the molecule is Cc1ccc(S(=O)(=O)N(C)C2CCCNC2)s1. The van der Waals surface area contributed by atoms with Crippen molar-refractivity contribution in [3.8, 4) is 0 Å². The molecule has 17 heavy (non-hydrogen) atoms. The van der Waals surface area contributed by atoms with Crippen molar-refractivity contribution in [1.82, 2.24) is 9.62 Å². The highest BCUT2D eigenvalue weighted by molar-refractivity contribution is 7.91. The van der Waals surface area contributed by atoms with Gasteiger partial charge in [-0.25, -0.2) is 8.42 Å². The van der Waals surface area contributed by atoms with Crippen molar-refractivity contribution < 1.29 is 8.42 Å². The van der Waals surface area contributed by atoms with Crippen LogP contribution in [0.5, 0.6) is 0 Å². The fourth-order valence-electron chi connectivity index (χ4n) is 2.03. The van der Waals surface area contributed by atoms with Crippen molar-refractivity contribution in [2.24, 2.45) is 0 Å². The molecule has 2 heterocycles. The molecule has 0 saturated carbocycles. The molecule has 1 saturated heterocycles. The summed E-state index contributed by atoms with van der Waals surface area (Å²) < 4.78 is 26.7. The zero-order valence-electron chi connectivity index (χ0n) is 10.1. The molecule has 0 radical (unpaired) electrons. The quantitative estimate of drug-likeness (QED) is 0.907. The molecular weight excluding hydrogens is 256 g/mol. The zero-order chi connectivity index (χ0) is 12.5. The molecule has 1 N–H and O–H groups in total. The van der Waals surface area contributed by atoms with E-state index in [0.29, 0.717) is 4.21 Å². The van der Waals surface area contributed by atoms with Gasteiger partial charge in [0.2, 0.25) is 0 Å². The van der Waals surface area contributed by atoms with Gasteiger partial charge in [0.25, 0.3) is 10.0 Å². The number of nitrogens with zero attached hydrogens (tertiary/aromatic N) is 1. The fourth-order valence-corrected chi connectivity index (χ4v) is 4.89. The molecule has 1 aromatic rings. The topological polar surface area (TPSA) is 49.4 Å². The summed E-state index contributed by atoms with van der Waals surface area (Å²) in [5.74, 6) is 0. The van der Waals surface area contributed by atoms with Gasteiger partial charge in [0.05, 0.1) is 0 Å². The summed E-state index contributed by atoms with van der Waals surface area (Å²) in [7, 11) is -1.62. The van der Waals surface area contributed by atoms with Gasteiger partial charge < -0.3 is 5.32 Å². The molecule has 1 aliphatic heterocycles. The maximum absolute atomic E-state index is 12.4. The molecule has 1 aliphatic rings. The van der Waals surface area contributed by atoms with E-state index in [0.717, 1.165) is 30.8 Å². The predicted octanol–water partition coefficient (Wildman–Crippen LogP) is 1.43. The molecule has 0 amide bonds. The molecule has 96 valence electrons. The summed E-state index contributed by atoms with van der Waals surface area (Å²) in [5, 5.41) is 3.24. The van der Waals surface area contributed by atoms with Crippen LogP contribution in [0.4, 0.5) is 0 Å². The second-order valence-electron chi connectivity index (χ2n) is 4.39. The van der Waals surface area contributed by atoms with Crippen LogP contribution in [-0.4, -0.2) is 38.9 Å². The van der Waals surface area contributed by atoms with Crippen LogP contribution in [0.1, 0.15) is 17.7 Å². The lowest BCUT2D eigenvalue weighted by Crippen LogP contribution is -2.46. The Morgan fingerprint density at radius 3 is 2.76 bits per heavy atom. The first-order valence-electron chi connectivity index (χ1n) is 5.77. The average molecular weight is 274 g/mol. The van der Waals surface area contributed by atoms with Gasteiger partial charge in [-0.15, -0.1) is 11.3 Å². The van der Waals surface area contributed by atoms with Crippen molar-refractivity contribution in [3.05, 3.63) is 17.0 Å². The third kappa shape index (κ3) is 2.70. The molecule has 0 bridgehead atoms. The highest BCUT2D eigenvalue weighted by Crippen LogP contribution is 2.25. The standard InChI is InChI=1S/C11H18N2O2S2/c1-9-5-6-11(16-9)17(14,15)13(2)10-4-3-7-12-8-10/h5-6,10,12H,3-4,7-8H2,1-2H3. The Morgan fingerprint density at radius 2 is 2.24 bits per heavy atom. The largest absolute Gasteiger partial charge is 0.315 e. The number of likely N-dealkylation sites (N-methyl/N-ethyl adjacent to an activating group) is 1. The van der Waals surface area contributed by atoms with E-state index in [1.165, 1.54) is 15.6 Å². The minimum atomic E-state index is -3.31. The second kappa shape index (κ2) is 5.06. The van der Waals surface area contributed by atoms with E-state index in [2.05, 4.69) is 5.32 Å². The Bertz CT molecular complexity index is 475. The van der Waals surface area contributed by atoms with Crippen LogP contribution in [0.25, 0.3) is 0 Å². The predicted molar refractivity (Wildman–Crippen MR) is 69.9 cm³/mol. The molecule has 0 aliphatic carbocycles. The van der Waals surface area contributed by atoms with E-state index in [1.54, 1.807) is 13.1 Å². The van der Waals surface area contributed by atoms with E-state index in [9.17, 15) is 8.42 Å². The number of thiophene rings is 1. The number of rotatable bonds is 3. The van der Waals surface area contributed by atoms with Gasteiger partial charge in [0.15, 0.2) is 0 Å². The van der Waals surface area contributed by atoms with E-state index in [-0.39, 0.29) is 6.04 Å². The molecular formula is C11H18N2O2S2. The van der Waals surface area contributed by atoms with Gasteiger partial charge in [-0.05, 0) is 38.4 Å². The molecule has 1 atom stereocenters. The molecule has 1 unspecified atom stereocenters. The zero-order valence-corrected chi connectivity index (χ0v) is 11.8. The molecule has 1 aromatic heterocycles.